The van der Waals surface area contributed by atoms with E-state index >= 15 is 0 Å². The lowest BCUT2D eigenvalue weighted by Gasteiger charge is -2.26. The Kier molecular flexibility index (Phi) is 7.75. The summed E-state index contributed by atoms with van der Waals surface area (Å²) in [4.78, 5) is 15.2. The summed E-state index contributed by atoms with van der Waals surface area (Å²) >= 11 is 0. The van der Waals surface area contributed by atoms with Crippen molar-refractivity contribution < 1.29 is 31.6 Å². The molecular formula is C16H22N4O7S. The van der Waals surface area contributed by atoms with Crippen LogP contribution in [0.2, 0.25) is 0 Å². The highest BCUT2D eigenvalue weighted by atomic mass is 32.2. The Morgan fingerprint density at radius 3 is 2.54 bits per heavy atom. The van der Waals surface area contributed by atoms with Gasteiger partial charge in [0, 0.05) is 24.7 Å². The highest BCUT2D eigenvalue weighted by Gasteiger charge is 2.50. The van der Waals surface area contributed by atoms with Gasteiger partial charge in [0.05, 0.1) is 12.8 Å². The first kappa shape index (κ1) is 22.1. The number of carbonyl (C=O) groups excluding carboxylic acids is 1. The third kappa shape index (κ3) is 5.64. The fourth-order valence-corrected chi connectivity index (χ4v) is 3.58. The van der Waals surface area contributed by atoms with Gasteiger partial charge in [0.1, 0.15) is 24.4 Å². The molecule has 0 saturated carbocycles. The second-order valence-corrected chi connectivity index (χ2v) is 7.62. The highest BCUT2D eigenvalue weighted by Crippen LogP contribution is 2.29. The minimum Gasteiger partial charge on any atom is -0.376 e. The summed E-state index contributed by atoms with van der Waals surface area (Å²) in [5.74, 6) is -0.380. The molecule has 0 aromatic heterocycles. The molecule has 1 fully saturated rings. The van der Waals surface area contributed by atoms with Gasteiger partial charge in [-0.3, -0.25) is 8.98 Å². The van der Waals surface area contributed by atoms with E-state index in [2.05, 4.69) is 15.3 Å². The second kappa shape index (κ2) is 9.82. The zero-order valence-corrected chi connectivity index (χ0v) is 16.4. The summed E-state index contributed by atoms with van der Waals surface area (Å²) in [6.07, 6.45) is -3.02. The zero-order chi connectivity index (χ0) is 20.7. The fraction of sp³-hybridized carbons (Fsp3) is 0.562. The monoisotopic (exact) mass is 414 g/mol. The Bertz CT molecular complexity index is 814. The van der Waals surface area contributed by atoms with Crippen LogP contribution in [-0.4, -0.2) is 72.0 Å². The largest absolute Gasteiger partial charge is 0.376 e. The van der Waals surface area contributed by atoms with Gasteiger partial charge >= 0.3 is 0 Å². The van der Waals surface area contributed by atoms with Gasteiger partial charge in [0.25, 0.3) is 16.0 Å². The molecule has 1 aliphatic rings. The van der Waals surface area contributed by atoms with Crippen molar-refractivity contribution in [2.24, 2.45) is 5.11 Å². The number of amides is 1. The van der Waals surface area contributed by atoms with E-state index in [1.165, 1.54) is 14.2 Å². The summed E-state index contributed by atoms with van der Waals surface area (Å²) in [6, 6.07) is 7.75. The maximum absolute atomic E-state index is 12.5. The number of carbonyl (C=O) groups is 1. The first-order valence-corrected chi connectivity index (χ1v) is 10.1. The molecule has 2 rings (SSSR count). The summed E-state index contributed by atoms with van der Waals surface area (Å²) in [5.41, 5.74) is 9.00. The number of hydrogen-bond donors (Lipinski definition) is 1. The Hall–Kier alpha value is -2.21. The van der Waals surface area contributed by atoms with Gasteiger partial charge in [-0.2, -0.15) is 8.42 Å². The molecule has 1 saturated heterocycles. The topological polar surface area (TPSA) is 149 Å². The van der Waals surface area contributed by atoms with Crippen molar-refractivity contribution >= 4 is 16.0 Å². The van der Waals surface area contributed by atoms with Crippen LogP contribution in [-0.2, 0) is 28.5 Å². The van der Waals surface area contributed by atoms with Crippen molar-refractivity contribution in [2.45, 2.75) is 30.6 Å². The Morgan fingerprint density at radius 1 is 1.32 bits per heavy atom. The number of rotatable bonds is 9. The number of ether oxygens (including phenoxy) is 3. The number of methoxy groups -OCH3 is 2. The zero-order valence-electron chi connectivity index (χ0n) is 15.6. The van der Waals surface area contributed by atoms with E-state index in [1.807, 2.05) is 0 Å². The lowest BCUT2D eigenvalue weighted by Crippen LogP contribution is -2.51. The van der Waals surface area contributed by atoms with Crippen LogP contribution in [0, 0.1) is 0 Å². The van der Waals surface area contributed by atoms with E-state index in [4.69, 9.17) is 23.9 Å². The average Bonchev–Trinajstić information content (AvgIpc) is 3.02. The highest BCUT2D eigenvalue weighted by molar-refractivity contribution is 7.86. The predicted molar refractivity (Wildman–Crippen MR) is 97.9 cm³/mol. The molecule has 1 N–H and O–H groups in total. The number of nitrogens with one attached hydrogen (secondary N) is 1. The van der Waals surface area contributed by atoms with Gasteiger partial charge in [0.2, 0.25) is 0 Å². The quantitative estimate of drug-likeness (QED) is 0.272. The molecule has 0 unspecified atom stereocenters. The van der Waals surface area contributed by atoms with E-state index in [0.29, 0.717) is 5.56 Å². The first-order valence-electron chi connectivity index (χ1n) is 8.26. The lowest BCUT2D eigenvalue weighted by atomic mass is 10.0. The number of hydrogen-bond acceptors (Lipinski definition) is 8. The van der Waals surface area contributed by atoms with Crippen molar-refractivity contribution in [3.05, 3.63) is 46.3 Å². The van der Waals surface area contributed by atoms with Gasteiger partial charge in [0.15, 0.2) is 6.29 Å². The Balaban J connectivity index is 2.26. The van der Waals surface area contributed by atoms with Gasteiger partial charge in [-0.15, -0.1) is 0 Å². The molecular weight excluding hydrogens is 392 g/mol. The molecule has 11 nitrogen and oxygen atoms in total. The molecule has 5 atom stereocenters. The summed E-state index contributed by atoms with van der Waals surface area (Å²) in [6.45, 7) is -0.316. The molecule has 1 aromatic rings. The van der Waals surface area contributed by atoms with Crippen LogP contribution in [0.4, 0.5) is 0 Å². The number of benzene rings is 1. The molecule has 1 aromatic carbocycles. The van der Waals surface area contributed by atoms with Crippen molar-refractivity contribution in [1.29, 1.82) is 0 Å². The van der Waals surface area contributed by atoms with Crippen molar-refractivity contribution in [3.63, 3.8) is 0 Å². The maximum Gasteiger partial charge on any atom is 0.264 e. The van der Waals surface area contributed by atoms with E-state index < -0.39 is 40.8 Å². The van der Waals surface area contributed by atoms with Gasteiger partial charge < -0.3 is 19.5 Å². The molecule has 1 aliphatic heterocycles. The SMILES string of the molecule is CO[C@@H]1O[C@H]([C@@H](CN=[N+]=[N-])OS(C)(=O)=O)[C@@H](OC)[C@H]1NC(=O)c1ccccc1. The summed E-state index contributed by atoms with van der Waals surface area (Å²) < 4.78 is 44.7. The molecule has 0 bridgehead atoms. The third-order valence-corrected chi connectivity index (χ3v) is 4.69. The molecule has 12 heteroatoms. The number of nitrogens with zero attached hydrogens (tertiary/aromatic N) is 3. The van der Waals surface area contributed by atoms with Crippen LogP contribution in [0.5, 0.6) is 0 Å². The molecule has 1 heterocycles. The maximum atomic E-state index is 12.5. The molecule has 0 spiro atoms. The molecule has 0 radical (unpaired) electrons. The van der Waals surface area contributed by atoms with Crippen molar-refractivity contribution in [1.82, 2.24) is 5.32 Å². The van der Waals surface area contributed by atoms with E-state index in [1.54, 1.807) is 30.3 Å². The molecule has 154 valence electrons. The minimum atomic E-state index is -3.88. The third-order valence-electron chi connectivity index (χ3n) is 4.09. The van der Waals surface area contributed by atoms with Crippen molar-refractivity contribution in [2.75, 3.05) is 27.0 Å². The van der Waals surface area contributed by atoms with E-state index in [0.717, 1.165) is 6.26 Å². The smallest absolute Gasteiger partial charge is 0.264 e. The van der Waals surface area contributed by atoms with E-state index in [9.17, 15) is 13.2 Å². The first-order chi connectivity index (χ1) is 13.3. The normalized spacial score (nSPS) is 25.7. The van der Waals surface area contributed by atoms with Gasteiger partial charge in [-0.05, 0) is 17.7 Å². The van der Waals surface area contributed by atoms with E-state index in [-0.39, 0.29) is 12.5 Å². The number of azide groups is 1. The molecule has 28 heavy (non-hydrogen) atoms. The summed E-state index contributed by atoms with van der Waals surface area (Å²) in [7, 11) is -1.12. The Labute approximate surface area is 162 Å². The van der Waals surface area contributed by atoms with Crippen LogP contribution in [0.3, 0.4) is 0 Å². The van der Waals surface area contributed by atoms with Gasteiger partial charge in [-0.25, -0.2) is 0 Å². The molecule has 0 aliphatic carbocycles. The minimum absolute atomic E-state index is 0.316. The van der Waals surface area contributed by atoms with Crippen LogP contribution >= 0.6 is 0 Å². The molecule has 1 amide bonds. The average molecular weight is 414 g/mol. The van der Waals surface area contributed by atoms with Crippen LogP contribution in [0.15, 0.2) is 35.4 Å². The lowest BCUT2D eigenvalue weighted by molar-refractivity contribution is -0.143. The fourth-order valence-electron chi connectivity index (χ4n) is 2.96. The summed E-state index contributed by atoms with van der Waals surface area (Å²) in [5, 5.41) is 6.16. The van der Waals surface area contributed by atoms with Crippen LogP contribution < -0.4 is 5.32 Å². The van der Waals surface area contributed by atoms with Crippen molar-refractivity contribution in [3.8, 4) is 0 Å². The second-order valence-electron chi connectivity index (χ2n) is 6.02. The predicted octanol–water partition coefficient (Wildman–Crippen LogP) is 0.826. The van der Waals surface area contributed by atoms with Crippen LogP contribution in [0.1, 0.15) is 10.4 Å². The van der Waals surface area contributed by atoms with Gasteiger partial charge in [-0.1, -0.05) is 23.3 Å². The standard InChI is InChI=1S/C16H22N4O7S/c1-24-14-12(19-15(21)10-7-5-4-6-8-10)16(25-2)26-13(14)11(9-18-20-17)27-28(3,22)23/h4-8,11-14,16H,9H2,1-3H3,(H,19,21)/t11-,12-,13-,14+,16-/m1/s1. The van der Waals surface area contributed by atoms with Crippen LogP contribution in [0.25, 0.3) is 10.4 Å². The Morgan fingerprint density at radius 2 is 2.00 bits per heavy atom.